The fourth-order valence-corrected chi connectivity index (χ4v) is 1.57. The lowest BCUT2D eigenvalue weighted by Crippen LogP contribution is -2.31. The average Bonchev–Trinajstić information content (AvgIpc) is 2.39. The molecule has 1 aromatic rings. The zero-order chi connectivity index (χ0) is 13.4. The molecule has 0 heterocycles. The van der Waals surface area contributed by atoms with E-state index in [1.165, 1.54) is 0 Å². The standard InChI is InChI=1S/C13H20N2O3.ClH/c1-14-6-7-15-13(16)9-10-4-5-11(17-2)12(8-10)18-3;/h4-5,8,14H,6-7,9H2,1-3H3,(H,15,16);1H. The van der Waals surface area contributed by atoms with Crippen LogP contribution in [0.2, 0.25) is 0 Å². The third kappa shape index (κ3) is 5.81. The Morgan fingerprint density at radius 3 is 2.42 bits per heavy atom. The lowest BCUT2D eigenvalue weighted by atomic mass is 10.1. The first-order valence-corrected chi connectivity index (χ1v) is 5.83. The van der Waals surface area contributed by atoms with Gasteiger partial charge in [0.1, 0.15) is 0 Å². The van der Waals surface area contributed by atoms with Gasteiger partial charge in [0.05, 0.1) is 20.6 Å². The number of carbonyl (C=O) groups is 1. The van der Waals surface area contributed by atoms with Crippen LogP contribution in [-0.4, -0.2) is 40.3 Å². The smallest absolute Gasteiger partial charge is 0.224 e. The fourth-order valence-electron chi connectivity index (χ4n) is 1.57. The summed E-state index contributed by atoms with van der Waals surface area (Å²) in [4.78, 5) is 11.6. The van der Waals surface area contributed by atoms with E-state index >= 15 is 0 Å². The number of carbonyl (C=O) groups excluding carboxylic acids is 1. The van der Waals surface area contributed by atoms with Gasteiger partial charge >= 0.3 is 0 Å². The summed E-state index contributed by atoms with van der Waals surface area (Å²) in [6, 6.07) is 5.48. The van der Waals surface area contributed by atoms with Crippen molar-refractivity contribution < 1.29 is 14.3 Å². The average molecular weight is 289 g/mol. The molecule has 0 aliphatic heterocycles. The predicted molar refractivity (Wildman–Crippen MR) is 77.4 cm³/mol. The molecule has 1 aromatic carbocycles. The molecule has 0 saturated heterocycles. The molecule has 1 amide bonds. The number of hydrogen-bond donors (Lipinski definition) is 2. The quantitative estimate of drug-likeness (QED) is 0.735. The van der Waals surface area contributed by atoms with Crippen molar-refractivity contribution in [3.63, 3.8) is 0 Å². The molecule has 108 valence electrons. The molecule has 0 aliphatic carbocycles. The van der Waals surface area contributed by atoms with E-state index < -0.39 is 0 Å². The zero-order valence-corrected chi connectivity index (χ0v) is 12.3. The van der Waals surface area contributed by atoms with E-state index in [0.717, 1.165) is 12.1 Å². The Labute approximate surface area is 120 Å². The molecule has 19 heavy (non-hydrogen) atoms. The van der Waals surface area contributed by atoms with E-state index in [1.54, 1.807) is 20.3 Å². The molecule has 0 aliphatic rings. The van der Waals surface area contributed by atoms with Crippen LogP contribution >= 0.6 is 12.4 Å². The summed E-state index contributed by atoms with van der Waals surface area (Å²) in [6.45, 7) is 1.39. The van der Waals surface area contributed by atoms with Gasteiger partial charge in [0.15, 0.2) is 11.5 Å². The Balaban J connectivity index is 0.00000324. The minimum Gasteiger partial charge on any atom is -0.493 e. The van der Waals surface area contributed by atoms with E-state index in [4.69, 9.17) is 9.47 Å². The monoisotopic (exact) mass is 288 g/mol. The summed E-state index contributed by atoms with van der Waals surface area (Å²) >= 11 is 0. The van der Waals surface area contributed by atoms with Crippen molar-refractivity contribution >= 4 is 18.3 Å². The summed E-state index contributed by atoms with van der Waals surface area (Å²) in [5.41, 5.74) is 0.898. The van der Waals surface area contributed by atoms with Crippen molar-refractivity contribution in [2.75, 3.05) is 34.4 Å². The molecule has 0 radical (unpaired) electrons. The molecule has 0 spiro atoms. The Hall–Kier alpha value is -1.46. The van der Waals surface area contributed by atoms with Gasteiger partial charge in [-0.05, 0) is 24.7 Å². The van der Waals surface area contributed by atoms with Gasteiger partial charge in [-0.1, -0.05) is 6.07 Å². The number of hydrogen-bond acceptors (Lipinski definition) is 4. The highest BCUT2D eigenvalue weighted by Crippen LogP contribution is 2.27. The van der Waals surface area contributed by atoms with Crippen LogP contribution in [-0.2, 0) is 11.2 Å². The lowest BCUT2D eigenvalue weighted by Gasteiger charge is -2.09. The van der Waals surface area contributed by atoms with Gasteiger partial charge in [0.25, 0.3) is 0 Å². The van der Waals surface area contributed by atoms with Crippen LogP contribution in [0, 0.1) is 0 Å². The maximum Gasteiger partial charge on any atom is 0.224 e. The molecule has 1 rings (SSSR count). The number of nitrogens with one attached hydrogen (secondary N) is 2. The SMILES string of the molecule is CNCCNC(=O)Cc1ccc(OC)c(OC)c1.Cl. The molecular formula is C13H21ClN2O3. The minimum atomic E-state index is -0.00234. The molecular weight excluding hydrogens is 268 g/mol. The van der Waals surface area contributed by atoms with Crippen LogP contribution < -0.4 is 20.1 Å². The Morgan fingerprint density at radius 1 is 1.16 bits per heavy atom. The van der Waals surface area contributed by atoms with Crippen LogP contribution in [0.5, 0.6) is 11.5 Å². The van der Waals surface area contributed by atoms with E-state index in [1.807, 2.05) is 19.2 Å². The Morgan fingerprint density at radius 2 is 1.84 bits per heavy atom. The number of methoxy groups -OCH3 is 2. The van der Waals surface area contributed by atoms with Crippen molar-refractivity contribution in [3.05, 3.63) is 23.8 Å². The first-order chi connectivity index (χ1) is 8.71. The first-order valence-electron chi connectivity index (χ1n) is 5.83. The van der Waals surface area contributed by atoms with Gasteiger partial charge in [-0.2, -0.15) is 0 Å². The summed E-state index contributed by atoms with van der Waals surface area (Å²) in [5, 5.41) is 5.79. The number of amides is 1. The fraction of sp³-hybridized carbons (Fsp3) is 0.462. The third-order valence-corrected chi connectivity index (χ3v) is 2.51. The highest BCUT2D eigenvalue weighted by molar-refractivity contribution is 5.85. The molecule has 6 heteroatoms. The number of benzene rings is 1. The van der Waals surface area contributed by atoms with Crippen LogP contribution in [0.25, 0.3) is 0 Å². The van der Waals surface area contributed by atoms with Crippen molar-refractivity contribution in [1.29, 1.82) is 0 Å². The molecule has 0 bridgehead atoms. The number of rotatable bonds is 7. The topological polar surface area (TPSA) is 59.6 Å². The molecule has 0 atom stereocenters. The molecule has 2 N–H and O–H groups in total. The predicted octanol–water partition coefficient (Wildman–Crippen LogP) is 1.00. The highest BCUT2D eigenvalue weighted by Gasteiger charge is 2.07. The second-order valence-electron chi connectivity index (χ2n) is 3.82. The van der Waals surface area contributed by atoms with Crippen molar-refractivity contribution in [1.82, 2.24) is 10.6 Å². The van der Waals surface area contributed by atoms with Gasteiger partial charge < -0.3 is 20.1 Å². The van der Waals surface area contributed by atoms with Crippen LogP contribution in [0.15, 0.2) is 18.2 Å². The first kappa shape index (κ1) is 17.5. The zero-order valence-electron chi connectivity index (χ0n) is 11.5. The van der Waals surface area contributed by atoms with Gasteiger partial charge in [-0.25, -0.2) is 0 Å². The van der Waals surface area contributed by atoms with Crippen molar-refractivity contribution in [2.24, 2.45) is 0 Å². The second kappa shape index (κ2) is 9.47. The highest BCUT2D eigenvalue weighted by atomic mass is 35.5. The molecule has 0 fully saturated rings. The van der Waals surface area contributed by atoms with Crippen LogP contribution in [0.1, 0.15) is 5.56 Å². The number of halogens is 1. The third-order valence-electron chi connectivity index (χ3n) is 2.51. The van der Waals surface area contributed by atoms with E-state index in [9.17, 15) is 4.79 Å². The molecule has 0 saturated carbocycles. The summed E-state index contributed by atoms with van der Waals surface area (Å²) in [7, 11) is 5.01. The second-order valence-corrected chi connectivity index (χ2v) is 3.82. The van der Waals surface area contributed by atoms with Gasteiger partial charge in [0.2, 0.25) is 5.91 Å². The lowest BCUT2D eigenvalue weighted by molar-refractivity contribution is -0.120. The summed E-state index contributed by atoms with van der Waals surface area (Å²) in [6.07, 6.45) is 0.337. The van der Waals surface area contributed by atoms with E-state index in [0.29, 0.717) is 24.5 Å². The van der Waals surface area contributed by atoms with Gasteiger partial charge in [-0.3, -0.25) is 4.79 Å². The Kier molecular flexibility index (Phi) is 8.74. The summed E-state index contributed by atoms with van der Waals surface area (Å²) < 4.78 is 10.3. The normalized spacial score (nSPS) is 9.42. The van der Waals surface area contributed by atoms with Crippen LogP contribution in [0.3, 0.4) is 0 Å². The Bertz CT molecular complexity index is 399. The molecule has 0 unspecified atom stereocenters. The molecule has 0 aromatic heterocycles. The van der Waals surface area contributed by atoms with Crippen LogP contribution in [0.4, 0.5) is 0 Å². The van der Waals surface area contributed by atoms with Gasteiger partial charge in [-0.15, -0.1) is 12.4 Å². The number of likely N-dealkylation sites (N-methyl/N-ethyl adjacent to an activating group) is 1. The maximum absolute atomic E-state index is 11.6. The van der Waals surface area contributed by atoms with E-state index in [-0.39, 0.29) is 18.3 Å². The number of ether oxygens (including phenoxy) is 2. The van der Waals surface area contributed by atoms with Crippen molar-refractivity contribution in [2.45, 2.75) is 6.42 Å². The van der Waals surface area contributed by atoms with Crippen molar-refractivity contribution in [3.8, 4) is 11.5 Å². The minimum absolute atomic E-state index is 0. The molecule has 5 nitrogen and oxygen atoms in total. The largest absolute Gasteiger partial charge is 0.493 e. The maximum atomic E-state index is 11.6. The summed E-state index contributed by atoms with van der Waals surface area (Å²) in [5.74, 6) is 1.30. The van der Waals surface area contributed by atoms with Gasteiger partial charge in [0, 0.05) is 13.1 Å². The van der Waals surface area contributed by atoms with E-state index in [2.05, 4.69) is 10.6 Å².